The zero-order valence-electron chi connectivity index (χ0n) is 10.4. The Balaban J connectivity index is 2.18. The predicted molar refractivity (Wildman–Crippen MR) is 70.0 cm³/mol. The molecule has 1 aromatic carbocycles. The van der Waals surface area contributed by atoms with E-state index in [1.807, 2.05) is 6.07 Å². The van der Waals surface area contributed by atoms with Crippen molar-refractivity contribution in [2.75, 3.05) is 6.61 Å². The molecular formula is C14H20N2O. The van der Waals surface area contributed by atoms with Crippen LogP contribution in [-0.2, 0) is 13.0 Å². The Morgan fingerprint density at radius 1 is 1.18 bits per heavy atom. The summed E-state index contributed by atoms with van der Waals surface area (Å²) in [6.07, 6.45) is 4.04. The number of aliphatic hydroxyl groups is 1. The molecule has 0 bridgehead atoms. The summed E-state index contributed by atoms with van der Waals surface area (Å²) in [5.41, 5.74) is 2.32. The summed E-state index contributed by atoms with van der Waals surface area (Å²) in [7, 11) is 0. The van der Waals surface area contributed by atoms with Gasteiger partial charge in [0.05, 0.1) is 11.0 Å². The molecule has 1 aromatic heterocycles. The van der Waals surface area contributed by atoms with E-state index in [9.17, 15) is 0 Å². The Hall–Kier alpha value is -1.35. The molecule has 0 aliphatic carbocycles. The summed E-state index contributed by atoms with van der Waals surface area (Å²) in [5, 5.41) is 8.78. The number of nitrogens with zero attached hydrogens (tertiary/aromatic N) is 2. The van der Waals surface area contributed by atoms with Crippen LogP contribution in [0.5, 0.6) is 0 Å². The van der Waals surface area contributed by atoms with Crippen LogP contribution in [0, 0.1) is 0 Å². The van der Waals surface area contributed by atoms with Crippen LogP contribution < -0.4 is 0 Å². The number of aromatic nitrogens is 2. The van der Waals surface area contributed by atoms with Crippen LogP contribution in [0.1, 0.15) is 32.0 Å². The second-order valence-electron chi connectivity index (χ2n) is 4.31. The normalized spacial score (nSPS) is 11.2. The number of hydrogen-bond acceptors (Lipinski definition) is 2. The number of fused-ring (bicyclic) bond motifs is 1. The van der Waals surface area contributed by atoms with Crippen molar-refractivity contribution >= 4 is 11.0 Å². The van der Waals surface area contributed by atoms with Crippen molar-refractivity contribution in [2.45, 2.75) is 39.2 Å². The zero-order chi connectivity index (χ0) is 12.1. The molecule has 0 radical (unpaired) electrons. The highest BCUT2D eigenvalue weighted by Gasteiger charge is 2.07. The molecule has 0 amide bonds. The quantitative estimate of drug-likeness (QED) is 0.778. The lowest BCUT2D eigenvalue weighted by molar-refractivity contribution is 0.282. The van der Waals surface area contributed by atoms with Gasteiger partial charge < -0.3 is 9.67 Å². The molecular weight excluding hydrogens is 212 g/mol. The molecule has 0 aliphatic rings. The summed E-state index contributed by atoms with van der Waals surface area (Å²) >= 11 is 0. The second-order valence-corrected chi connectivity index (χ2v) is 4.31. The summed E-state index contributed by atoms with van der Waals surface area (Å²) in [4.78, 5) is 4.64. The van der Waals surface area contributed by atoms with Gasteiger partial charge in [0, 0.05) is 19.6 Å². The van der Waals surface area contributed by atoms with Gasteiger partial charge in [0.1, 0.15) is 5.82 Å². The monoisotopic (exact) mass is 232 g/mol. The van der Waals surface area contributed by atoms with Crippen LogP contribution >= 0.6 is 0 Å². The lowest BCUT2D eigenvalue weighted by atomic mass is 10.2. The van der Waals surface area contributed by atoms with E-state index in [2.05, 4.69) is 34.7 Å². The van der Waals surface area contributed by atoms with Gasteiger partial charge in [0.25, 0.3) is 0 Å². The highest BCUT2D eigenvalue weighted by Crippen LogP contribution is 2.17. The molecule has 0 aliphatic heterocycles. The first kappa shape index (κ1) is 12.1. The third-order valence-corrected chi connectivity index (χ3v) is 3.09. The molecule has 3 nitrogen and oxygen atoms in total. The van der Waals surface area contributed by atoms with Crippen molar-refractivity contribution in [1.82, 2.24) is 9.55 Å². The zero-order valence-corrected chi connectivity index (χ0v) is 10.4. The van der Waals surface area contributed by atoms with Crippen molar-refractivity contribution in [3.63, 3.8) is 0 Å². The van der Waals surface area contributed by atoms with E-state index in [4.69, 9.17) is 5.11 Å². The van der Waals surface area contributed by atoms with E-state index >= 15 is 0 Å². The first-order chi connectivity index (χ1) is 8.36. The SMILES string of the molecule is CCc1nc2ccccc2n1CCCCCO. The van der Waals surface area contributed by atoms with Crippen LogP contribution in [0.3, 0.4) is 0 Å². The standard InChI is InChI=1S/C14H20N2O/c1-2-14-15-12-8-4-5-9-13(12)16(14)10-6-3-7-11-17/h4-5,8-9,17H,2-3,6-7,10-11H2,1H3. The van der Waals surface area contributed by atoms with Gasteiger partial charge in [-0.2, -0.15) is 0 Å². The third kappa shape index (κ3) is 2.67. The molecule has 0 saturated heterocycles. The fourth-order valence-electron chi connectivity index (χ4n) is 2.20. The number of aliphatic hydroxyl groups excluding tert-OH is 1. The molecule has 0 unspecified atom stereocenters. The van der Waals surface area contributed by atoms with Gasteiger partial charge in [0.15, 0.2) is 0 Å². The number of unbranched alkanes of at least 4 members (excludes halogenated alkanes) is 2. The third-order valence-electron chi connectivity index (χ3n) is 3.09. The molecule has 17 heavy (non-hydrogen) atoms. The maximum atomic E-state index is 8.78. The van der Waals surface area contributed by atoms with E-state index in [1.54, 1.807) is 0 Å². The molecule has 2 rings (SSSR count). The van der Waals surface area contributed by atoms with Gasteiger partial charge in [-0.15, -0.1) is 0 Å². The Bertz CT molecular complexity index is 476. The topological polar surface area (TPSA) is 38.0 Å². The number of benzene rings is 1. The van der Waals surface area contributed by atoms with Gasteiger partial charge in [-0.05, 0) is 31.4 Å². The molecule has 1 heterocycles. The smallest absolute Gasteiger partial charge is 0.109 e. The van der Waals surface area contributed by atoms with E-state index in [0.717, 1.165) is 43.6 Å². The van der Waals surface area contributed by atoms with Crippen LogP contribution in [0.2, 0.25) is 0 Å². The minimum absolute atomic E-state index is 0.297. The van der Waals surface area contributed by atoms with Crippen LogP contribution in [-0.4, -0.2) is 21.3 Å². The number of hydrogen-bond donors (Lipinski definition) is 1. The van der Waals surface area contributed by atoms with Gasteiger partial charge in [-0.25, -0.2) is 4.98 Å². The lowest BCUT2D eigenvalue weighted by Gasteiger charge is -2.07. The molecule has 0 atom stereocenters. The van der Waals surface area contributed by atoms with E-state index in [1.165, 1.54) is 5.52 Å². The number of para-hydroxylation sites is 2. The van der Waals surface area contributed by atoms with Crippen molar-refractivity contribution < 1.29 is 5.11 Å². The average Bonchev–Trinajstić information content (AvgIpc) is 2.73. The Labute approximate surface area is 102 Å². The fourth-order valence-corrected chi connectivity index (χ4v) is 2.20. The minimum atomic E-state index is 0.297. The van der Waals surface area contributed by atoms with E-state index < -0.39 is 0 Å². The van der Waals surface area contributed by atoms with Crippen molar-refractivity contribution in [3.05, 3.63) is 30.1 Å². The van der Waals surface area contributed by atoms with E-state index in [0.29, 0.717) is 6.61 Å². The fraction of sp³-hybridized carbons (Fsp3) is 0.500. The molecule has 0 fully saturated rings. The van der Waals surface area contributed by atoms with Crippen molar-refractivity contribution in [2.24, 2.45) is 0 Å². The van der Waals surface area contributed by atoms with Gasteiger partial charge in [-0.1, -0.05) is 19.1 Å². The number of rotatable bonds is 6. The van der Waals surface area contributed by atoms with Gasteiger partial charge in [0.2, 0.25) is 0 Å². The van der Waals surface area contributed by atoms with Crippen LogP contribution in [0.25, 0.3) is 11.0 Å². The van der Waals surface area contributed by atoms with Crippen molar-refractivity contribution in [3.8, 4) is 0 Å². The minimum Gasteiger partial charge on any atom is -0.396 e. The molecule has 3 heteroatoms. The van der Waals surface area contributed by atoms with Crippen LogP contribution in [0.15, 0.2) is 24.3 Å². The predicted octanol–water partition coefficient (Wildman–Crippen LogP) is 2.76. The van der Waals surface area contributed by atoms with Crippen molar-refractivity contribution in [1.29, 1.82) is 0 Å². The van der Waals surface area contributed by atoms with Crippen LogP contribution in [0.4, 0.5) is 0 Å². The number of imidazole rings is 1. The molecule has 92 valence electrons. The first-order valence-electron chi connectivity index (χ1n) is 6.41. The number of aryl methyl sites for hydroxylation is 2. The summed E-state index contributed by atoms with van der Waals surface area (Å²) < 4.78 is 2.31. The Kier molecular flexibility index (Phi) is 4.15. The largest absolute Gasteiger partial charge is 0.396 e. The molecule has 0 spiro atoms. The highest BCUT2D eigenvalue weighted by atomic mass is 16.2. The summed E-state index contributed by atoms with van der Waals surface area (Å²) in [6, 6.07) is 8.30. The Morgan fingerprint density at radius 3 is 2.76 bits per heavy atom. The van der Waals surface area contributed by atoms with E-state index in [-0.39, 0.29) is 0 Å². The first-order valence-corrected chi connectivity index (χ1v) is 6.41. The maximum absolute atomic E-state index is 8.78. The molecule has 0 saturated carbocycles. The second kappa shape index (κ2) is 5.82. The Morgan fingerprint density at radius 2 is 2.00 bits per heavy atom. The molecule has 1 N–H and O–H groups in total. The average molecular weight is 232 g/mol. The van der Waals surface area contributed by atoms with Gasteiger partial charge >= 0.3 is 0 Å². The molecule has 2 aromatic rings. The van der Waals surface area contributed by atoms with Gasteiger partial charge in [-0.3, -0.25) is 0 Å². The lowest BCUT2D eigenvalue weighted by Crippen LogP contribution is -2.03. The maximum Gasteiger partial charge on any atom is 0.109 e. The summed E-state index contributed by atoms with van der Waals surface area (Å²) in [5.74, 6) is 1.16. The highest BCUT2D eigenvalue weighted by molar-refractivity contribution is 5.75. The summed E-state index contributed by atoms with van der Waals surface area (Å²) in [6.45, 7) is 3.44.